The zero-order chi connectivity index (χ0) is 13.6. The Morgan fingerprint density at radius 1 is 1.17 bits per heavy atom. The molecule has 0 aliphatic heterocycles. The van der Waals surface area contributed by atoms with E-state index in [0.717, 1.165) is 12.8 Å². The van der Waals surface area contributed by atoms with Crippen LogP contribution in [0, 0.1) is 0 Å². The number of hydrogen-bond acceptors (Lipinski definition) is 3. The summed E-state index contributed by atoms with van der Waals surface area (Å²) in [5, 5.41) is 0. The van der Waals surface area contributed by atoms with Crippen molar-refractivity contribution in [1.82, 2.24) is 0 Å². The van der Waals surface area contributed by atoms with Gasteiger partial charge in [-0.2, -0.15) is 0 Å². The summed E-state index contributed by atoms with van der Waals surface area (Å²) in [7, 11) is 1.39. The summed E-state index contributed by atoms with van der Waals surface area (Å²) < 4.78 is 4.57. The molecule has 3 nitrogen and oxygen atoms in total. The first kappa shape index (κ1) is 17.2. The SMILES string of the molecule is CCCCCCCC/C=C\C[C@@H](N)CC(=O)OC. The number of rotatable bonds is 11. The van der Waals surface area contributed by atoms with Crippen LogP contribution >= 0.6 is 0 Å². The molecule has 2 N–H and O–H groups in total. The zero-order valence-corrected chi connectivity index (χ0v) is 12.0. The Bertz CT molecular complexity index is 227. The van der Waals surface area contributed by atoms with Crippen LogP contribution in [0.2, 0.25) is 0 Å². The van der Waals surface area contributed by atoms with Crippen LogP contribution < -0.4 is 5.73 Å². The Hall–Kier alpha value is -0.830. The largest absolute Gasteiger partial charge is 0.469 e. The number of nitrogens with two attached hydrogens (primary N) is 1. The quantitative estimate of drug-likeness (QED) is 0.349. The van der Waals surface area contributed by atoms with E-state index in [4.69, 9.17) is 5.73 Å². The fraction of sp³-hybridized carbons (Fsp3) is 0.800. The molecule has 0 spiro atoms. The number of unbranched alkanes of at least 4 members (excludes halogenated alkanes) is 6. The van der Waals surface area contributed by atoms with E-state index in [1.807, 2.05) is 0 Å². The molecule has 0 aliphatic carbocycles. The van der Waals surface area contributed by atoms with Gasteiger partial charge in [-0.05, 0) is 19.3 Å². The van der Waals surface area contributed by atoms with E-state index >= 15 is 0 Å². The maximum Gasteiger partial charge on any atom is 0.307 e. The third kappa shape index (κ3) is 11.6. The van der Waals surface area contributed by atoms with Crippen LogP contribution in [0.15, 0.2) is 12.2 Å². The van der Waals surface area contributed by atoms with Crippen LogP contribution in [0.4, 0.5) is 0 Å². The summed E-state index contributed by atoms with van der Waals surface area (Å²) in [5.41, 5.74) is 5.79. The van der Waals surface area contributed by atoms with Crippen LogP contribution in [-0.4, -0.2) is 19.1 Å². The Balaban J connectivity index is 3.34. The number of esters is 1. The molecule has 18 heavy (non-hydrogen) atoms. The van der Waals surface area contributed by atoms with E-state index in [2.05, 4.69) is 23.8 Å². The summed E-state index contributed by atoms with van der Waals surface area (Å²) in [6.45, 7) is 2.24. The highest BCUT2D eigenvalue weighted by Crippen LogP contribution is 2.07. The zero-order valence-electron chi connectivity index (χ0n) is 12.0. The van der Waals surface area contributed by atoms with Crippen molar-refractivity contribution in [1.29, 1.82) is 0 Å². The molecule has 0 aliphatic rings. The van der Waals surface area contributed by atoms with Crippen molar-refractivity contribution in [2.45, 2.75) is 70.8 Å². The molecule has 0 fully saturated rings. The summed E-state index contributed by atoms with van der Waals surface area (Å²) in [6.07, 6.45) is 14.4. The van der Waals surface area contributed by atoms with Gasteiger partial charge in [-0.25, -0.2) is 0 Å². The monoisotopic (exact) mass is 255 g/mol. The Morgan fingerprint density at radius 2 is 1.83 bits per heavy atom. The number of ether oxygens (including phenoxy) is 1. The van der Waals surface area contributed by atoms with Gasteiger partial charge in [-0.1, -0.05) is 51.2 Å². The lowest BCUT2D eigenvalue weighted by atomic mass is 10.1. The lowest BCUT2D eigenvalue weighted by molar-refractivity contribution is -0.140. The van der Waals surface area contributed by atoms with E-state index in [9.17, 15) is 4.79 Å². The van der Waals surface area contributed by atoms with Crippen molar-refractivity contribution in [2.24, 2.45) is 5.73 Å². The van der Waals surface area contributed by atoms with E-state index in [0.29, 0.717) is 6.42 Å². The summed E-state index contributed by atoms with van der Waals surface area (Å²) in [6, 6.07) is -0.113. The fourth-order valence-corrected chi connectivity index (χ4v) is 1.81. The maximum atomic E-state index is 11.0. The highest BCUT2D eigenvalue weighted by atomic mass is 16.5. The standard InChI is InChI=1S/C15H29NO2/c1-3-4-5-6-7-8-9-10-11-12-14(16)13-15(17)18-2/h10-11,14H,3-9,12-13,16H2,1-2H3/b11-10-/t14-/m1/s1. The van der Waals surface area contributed by atoms with Crippen molar-refractivity contribution >= 4 is 5.97 Å². The first-order chi connectivity index (χ1) is 8.70. The van der Waals surface area contributed by atoms with Crippen molar-refractivity contribution in [3.05, 3.63) is 12.2 Å². The molecule has 0 saturated heterocycles. The first-order valence-corrected chi connectivity index (χ1v) is 7.18. The Morgan fingerprint density at radius 3 is 2.50 bits per heavy atom. The summed E-state index contributed by atoms with van der Waals surface area (Å²) in [4.78, 5) is 11.0. The van der Waals surface area contributed by atoms with Gasteiger partial charge in [0.1, 0.15) is 0 Å². The van der Waals surface area contributed by atoms with Gasteiger partial charge in [0.05, 0.1) is 13.5 Å². The predicted octanol–water partition coefficient (Wildman–Crippen LogP) is 3.57. The minimum absolute atomic E-state index is 0.113. The minimum atomic E-state index is -0.230. The summed E-state index contributed by atoms with van der Waals surface area (Å²) >= 11 is 0. The van der Waals surface area contributed by atoms with Gasteiger partial charge >= 0.3 is 5.97 Å². The lowest BCUT2D eigenvalue weighted by Gasteiger charge is -2.06. The molecule has 0 amide bonds. The van der Waals surface area contributed by atoms with Gasteiger partial charge in [-0.15, -0.1) is 0 Å². The highest BCUT2D eigenvalue weighted by molar-refractivity contribution is 5.69. The Labute approximate surface area is 112 Å². The average Bonchev–Trinajstić information content (AvgIpc) is 2.36. The number of carbonyl (C=O) groups is 1. The number of methoxy groups -OCH3 is 1. The second kappa shape index (κ2) is 12.6. The lowest BCUT2D eigenvalue weighted by Crippen LogP contribution is -2.23. The van der Waals surface area contributed by atoms with Crippen molar-refractivity contribution in [2.75, 3.05) is 7.11 Å². The molecule has 0 heterocycles. The molecule has 0 rings (SSSR count). The van der Waals surface area contributed by atoms with E-state index < -0.39 is 0 Å². The first-order valence-electron chi connectivity index (χ1n) is 7.18. The van der Waals surface area contributed by atoms with Crippen molar-refractivity contribution in [3.8, 4) is 0 Å². The topological polar surface area (TPSA) is 52.3 Å². The van der Waals surface area contributed by atoms with E-state index in [-0.39, 0.29) is 12.0 Å². The molecule has 0 aromatic carbocycles. The van der Waals surface area contributed by atoms with Crippen LogP contribution in [0.1, 0.15) is 64.7 Å². The second-order valence-electron chi connectivity index (χ2n) is 4.80. The molecule has 106 valence electrons. The molecule has 0 saturated carbocycles. The molecular formula is C15H29NO2. The molecule has 0 radical (unpaired) electrons. The summed E-state index contributed by atoms with van der Waals surface area (Å²) in [5.74, 6) is -0.230. The molecule has 0 aromatic rings. The highest BCUT2D eigenvalue weighted by Gasteiger charge is 2.06. The number of carbonyl (C=O) groups excluding carboxylic acids is 1. The van der Waals surface area contributed by atoms with E-state index in [1.165, 1.54) is 45.6 Å². The van der Waals surface area contributed by atoms with Gasteiger partial charge < -0.3 is 10.5 Å². The third-order valence-electron chi connectivity index (χ3n) is 2.99. The molecule has 0 aromatic heterocycles. The Kier molecular flexibility index (Phi) is 12.0. The van der Waals surface area contributed by atoms with E-state index in [1.54, 1.807) is 0 Å². The second-order valence-corrected chi connectivity index (χ2v) is 4.80. The molecule has 3 heteroatoms. The molecule has 0 unspecified atom stereocenters. The maximum absolute atomic E-state index is 11.0. The van der Waals surface area contributed by atoms with Gasteiger partial charge in [0.2, 0.25) is 0 Å². The molecule has 0 bridgehead atoms. The van der Waals surface area contributed by atoms with Gasteiger partial charge in [0, 0.05) is 6.04 Å². The van der Waals surface area contributed by atoms with Crippen LogP contribution in [0.25, 0.3) is 0 Å². The smallest absolute Gasteiger partial charge is 0.307 e. The molecule has 1 atom stereocenters. The third-order valence-corrected chi connectivity index (χ3v) is 2.99. The van der Waals surface area contributed by atoms with Gasteiger partial charge in [-0.3, -0.25) is 4.79 Å². The van der Waals surface area contributed by atoms with Crippen LogP contribution in [0.5, 0.6) is 0 Å². The molecular weight excluding hydrogens is 226 g/mol. The normalized spacial score (nSPS) is 12.8. The fourth-order valence-electron chi connectivity index (χ4n) is 1.81. The number of allylic oxidation sites excluding steroid dienone is 1. The average molecular weight is 255 g/mol. The van der Waals surface area contributed by atoms with Gasteiger partial charge in [0.15, 0.2) is 0 Å². The minimum Gasteiger partial charge on any atom is -0.469 e. The predicted molar refractivity (Wildman–Crippen MR) is 76.4 cm³/mol. The van der Waals surface area contributed by atoms with Crippen LogP contribution in [0.3, 0.4) is 0 Å². The van der Waals surface area contributed by atoms with Crippen molar-refractivity contribution in [3.63, 3.8) is 0 Å². The van der Waals surface area contributed by atoms with Crippen molar-refractivity contribution < 1.29 is 9.53 Å². The number of hydrogen-bond donors (Lipinski definition) is 1. The van der Waals surface area contributed by atoms with Crippen LogP contribution in [-0.2, 0) is 9.53 Å². The van der Waals surface area contributed by atoms with Gasteiger partial charge in [0.25, 0.3) is 0 Å².